The summed E-state index contributed by atoms with van der Waals surface area (Å²) in [6.45, 7) is 8.37. The molecule has 3 nitrogen and oxygen atoms in total. The molecule has 1 aliphatic rings. The molecule has 0 aromatic carbocycles. The van der Waals surface area contributed by atoms with Crippen molar-refractivity contribution in [1.82, 2.24) is 10.3 Å². The molecule has 1 aromatic heterocycles. The van der Waals surface area contributed by atoms with Gasteiger partial charge < -0.3 is 10.1 Å². The molecule has 1 aliphatic heterocycles. The van der Waals surface area contributed by atoms with Crippen LogP contribution in [0.4, 0.5) is 0 Å². The molecule has 0 spiro atoms. The first kappa shape index (κ1) is 13.0. The van der Waals surface area contributed by atoms with Crippen molar-refractivity contribution in [3.8, 4) is 0 Å². The minimum Gasteiger partial charge on any atom is -0.381 e. The molecule has 2 heterocycles. The van der Waals surface area contributed by atoms with Gasteiger partial charge in [-0.05, 0) is 13.5 Å². The standard InChI is InChI=1S/C13H22N2OS/c1-13(2,3)10-8-17-12(15-10)11(14-4)9-5-6-16-7-9/h8-9,11,14H,5-7H2,1-4H3. The summed E-state index contributed by atoms with van der Waals surface area (Å²) in [7, 11) is 2.02. The number of aromatic nitrogens is 1. The summed E-state index contributed by atoms with van der Waals surface area (Å²) < 4.78 is 5.47. The molecule has 0 saturated carbocycles. The molecule has 1 saturated heterocycles. The largest absolute Gasteiger partial charge is 0.381 e. The molecule has 2 unspecified atom stereocenters. The molecule has 1 fully saturated rings. The van der Waals surface area contributed by atoms with Crippen molar-refractivity contribution < 1.29 is 4.74 Å². The van der Waals surface area contributed by atoms with Crippen LogP contribution in [0, 0.1) is 5.92 Å². The summed E-state index contributed by atoms with van der Waals surface area (Å²) in [4.78, 5) is 4.80. The topological polar surface area (TPSA) is 34.2 Å². The van der Waals surface area contributed by atoms with E-state index in [2.05, 4.69) is 31.5 Å². The van der Waals surface area contributed by atoms with E-state index in [1.165, 1.54) is 10.7 Å². The van der Waals surface area contributed by atoms with Crippen molar-refractivity contribution in [2.24, 2.45) is 5.92 Å². The van der Waals surface area contributed by atoms with Gasteiger partial charge in [-0.15, -0.1) is 11.3 Å². The van der Waals surface area contributed by atoms with Crippen LogP contribution in [0.15, 0.2) is 5.38 Å². The Morgan fingerprint density at radius 1 is 1.53 bits per heavy atom. The van der Waals surface area contributed by atoms with Crippen LogP contribution in [0.2, 0.25) is 0 Å². The first-order valence-electron chi connectivity index (χ1n) is 6.23. The van der Waals surface area contributed by atoms with E-state index in [1.807, 2.05) is 7.05 Å². The molecule has 17 heavy (non-hydrogen) atoms. The highest BCUT2D eigenvalue weighted by molar-refractivity contribution is 7.09. The molecule has 0 amide bonds. The van der Waals surface area contributed by atoms with Gasteiger partial charge in [-0.25, -0.2) is 4.98 Å². The number of rotatable bonds is 3. The Kier molecular flexibility index (Phi) is 3.85. The maximum absolute atomic E-state index is 5.47. The van der Waals surface area contributed by atoms with Crippen molar-refractivity contribution in [3.63, 3.8) is 0 Å². The molecular formula is C13H22N2OS. The van der Waals surface area contributed by atoms with Crippen LogP contribution in [-0.2, 0) is 10.2 Å². The zero-order chi connectivity index (χ0) is 12.5. The highest BCUT2D eigenvalue weighted by atomic mass is 32.1. The summed E-state index contributed by atoms with van der Waals surface area (Å²) >= 11 is 1.77. The van der Waals surface area contributed by atoms with Gasteiger partial charge in [-0.3, -0.25) is 0 Å². The van der Waals surface area contributed by atoms with Gasteiger partial charge in [-0.2, -0.15) is 0 Å². The molecule has 1 aromatic rings. The second-order valence-electron chi connectivity index (χ2n) is 5.71. The average molecular weight is 254 g/mol. The lowest BCUT2D eigenvalue weighted by Gasteiger charge is -2.20. The predicted octanol–water partition coefficient (Wildman–Crippen LogP) is 2.74. The van der Waals surface area contributed by atoms with E-state index >= 15 is 0 Å². The molecule has 4 heteroatoms. The number of thiazole rings is 1. The number of nitrogens with one attached hydrogen (secondary N) is 1. The highest BCUT2D eigenvalue weighted by Gasteiger charge is 2.29. The zero-order valence-electron chi connectivity index (χ0n) is 11.1. The Morgan fingerprint density at radius 3 is 2.76 bits per heavy atom. The van der Waals surface area contributed by atoms with E-state index in [9.17, 15) is 0 Å². The minimum absolute atomic E-state index is 0.138. The zero-order valence-corrected chi connectivity index (χ0v) is 11.9. The molecule has 1 N–H and O–H groups in total. The Morgan fingerprint density at radius 2 is 2.29 bits per heavy atom. The van der Waals surface area contributed by atoms with Gasteiger partial charge in [0.25, 0.3) is 0 Å². The van der Waals surface area contributed by atoms with E-state index in [-0.39, 0.29) is 5.41 Å². The summed E-state index contributed by atoms with van der Waals surface area (Å²) in [6.07, 6.45) is 1.13. The third kappa shape index (κ3) is 2.87. The molecule has 0 aliphatic carbocycles. The third-order valence-electron chi connectivity index (χ3n) is 3.30. The molecule has 0 bridgehead atoms. The average Bonchev–Trinajstić information content (AvgIpc) is 2.87. The van der Waals surface area contributed by atoms with Gasteiger partial charge in [0.1, 0.15) is 5.01 Å². The van der Waals surface area contributed by atoms with E-state index in [4.69, 9.17) is 9.72 Å². The van der Waals surface area contributed by atoms with E-state index in [0.717, 1.165) is 19.6 Å². The lowest BCUT2D eigenvalue weighted by molar-refractivity contribution is 0.177. The maximum Gasteiger partial charge on any atom is 0.110 e. The minimum atomic E-state index is 0.138. The summed E-state index contributed by atoms with van der Waals surface area (Å²) in [6, 6.07) is 0.346. The Hall–Kier alpha value is -0.450. The van der Waals surface area contributed by atoms with Crippen molar-refractivity contribution >= 4 is 11.3 Å². The van der Waals surface area contributed by atoms with E-state index in [0.29, 0.717) is 12.0 Å². The molecule has 2 rings (SSSR count). The fourth-order valence-corrected chi connectivity index (χ4v) is 3.40. The number of hydrogen-bond acceptors (Lipinski definition) is 4. The van der Waals surface area contributed by atoms with Gasteiger partial charge in [0, 0.05) is 23.3 Å². The Balaban J connectivity index is 2.17. The highest BCUT2D eigenvalue weighted by Crippen LogP contribution is 2.32. The second-order valence-corrected chi connectivity index (χ2v) is 6.60. The maximum atomic E-state index is 5.47. The number of ether oxygens (including phenoxy) is 1. The fraction of sp³-hybridized carbons (Fsp3) is 0.769. The lowest BCUT2D eigenvalue weighted by Crippen LogP contribution is -2.25. The van der Waals surface area contributed by atoms with Crippen LogP contribution >= 0.6 is 11.3 Å². The van der Waals surface area contributed by atoms with Crippen molar-refractivity contribution in [2.75, 3.05) is 20.3 Å². The molecular weight excluding hydrogens is 232 g/mol. The van der Waals surface area contributed by atoms with E-state index < -0.39 is 0 Å². The van der Waals surface area contributed by atoms with Gasteiger partial charge in [0.15, 0.2) is 0 Å². The van der Waals surface area contributed by atoms with E-state index in [1.54, 1.807) is 11.3 Å². The summed E-state index contributed by atoms with van der Waals surface area (Å²) in [5.41, 5.74) is 1.33. The van der Waals surface area contributed by atoms with Crippen LogP contribution < -0.4 is 5.32 Å². The van der Waals surface area contributed by atoms with Crippen LogP contribution in [0.5, 0.6) is 0 Å². The second kappa shape index (κ2) is 5.04. The van der Waals surface area contributed by atoms with Crippen LogP contribution in [0.3, 0.4) is 0 Å². The smallest absolute Gasteiger partial charge is 0.110 e. The fourth-order valence-electron chi connectivity index (χ4n) is 2.15. The van der Waals surface area contributed by atoms with Gasteiger partial charge >= 0.3 is 0 Å². The quantitative estimate of drug-likeness (QED) is 0.900. The summed E-state index contributed by atoms with van der Waals surface area (Å²) in [5.74, 6) is 0.568. The van der Waals surface area contributed by atoms with Gasteiger partial charge in [0.2, 0.25) is 0 Å². The van der Waals surface area contributed by atoms with Crippen molar-refractivity contribution in [2.45, 2.75) is 38.6 Å². The third-order valence-corrected chi connectivity index (χ3v) is 4.23. The molecule has 96 valence electrons. The van der Waals surface area contributed by atoms with Crippen LogP contribution in [0.25, 0.3) is 0 Å². The molecule has 2 atom stereocenters. The van der Waals surface area contributed by atoms with Crippen LogP contribution in [0.1, 0.15) is 43.9 Å². The molecule has 0 radical (unpaired) electrons. The van der Waals surface area contributed by atoms with Crippen molar-refractivity contribution in [3.05, 3.63) is 16.1 Å². The normalized spacial score (nSPS) is 22.9. The Bertz CT molecular complexity index is 364. The number of nitrogens with zero attached hydrogens (tertiary/aromatic N) is 1. The summed E-state index contributed by atoms with van der Waals surface area (Å²) in [5, 5.41) is 6.78. The lowest BCUT2D eigenvalue weighted by atomic mass is 9.93. The predicted molar refractivity (Wildman–Crippen MR) is 71.5 cm³/mol. The van der Waals surface area contributed by atoms with Crippen LogP contribution in [-0.4, -0.2) is 25.2 Å². The first-order chi connectivity index (χ1) is 8.02. The SMILES string of the molecule is CNC(c1nc(C(C)(C)C)cs1)C1CCOC1. The monoisotopic (exact) mass is 254 g/mol. The van der Waals surface area contributed by atoms with Gasteiger partial charge in [0.05, 0.1) is 18.3 Å². The Labute approximate surface area is 108 Å². The van der Waals surface area contributed by atoms with Crippen molar-refractivity contribution in [1.29, 1.82) is 0 Å². The first-order valence-corrected chi connectivity index (χ1v) is 7.11. The van der Waals surface area contributed by atoms with Gasteiger partial charge in [-0.1, -0.05) is 20.8 Å². The number of hydrogen-bond donors (Lipinski definition) is 1.